The molecule has 1 aliphatic carbocycles. The normalized spacial score (nSPS) is 15.0. The Kier molecular flexibility index (Phi) is 5.49. The molecule has 2 nitrogen and oxygen atoms in total. The summed E-state index contributed by atoms with van der Waals surface area (Å²) in [6, 6.07) is 54.7. The Hall–Kier alpha value is -5.39. The minimum atomic E-state index is -0.527. The van der Waals surface area contributed by atoms with Crippen molar-refractivity contribution in [3.63, 3.8) is 0 Å². The van der Waals surface area contributed by atoms with Gasteiger partial charge in [-0.2, -0.15) is 5.26 Å². The first-order valence-electron chi connectivity index (χ1n) is 14.8. The third-order valence-electron chi connectivity index (χ3n) is 9.58. The molecule has 204 valence electrons. The maximum absolute atomic E-state index is 9.62. The topological polar surface area (TPSA) is 27.0 Å². The van der Waals surface area contributed by atoms with E-state index in [1.165, 1.54) is 50.3 Å². The largest absolute Gasteiger partial charge is 0.310 e. The first kappa shape index (κ1) is 25.3. The summed E-state index contributed by atoms with van der Waals surface area (Å²) in [5, 5.41) is 9.62. The molecule has 0 radical (unpaired) electrons. The van der Waals surface area contributed by atoms with Crippen molar-refractivity contribution in [3.8, 4) is 17.2 Å². The number of hydrogen-bond donors (Lipinski definition) is 0. The van der Waals surface area contributed by atoms with Gasteiger partial charge in [0.15, 0.2) is 0 Å². The summed E-state index contributed by atoms with van der Waals surface area (Å²) in [4.78, 5) is 2.41. The van der Waals surface area contributed by atoms with Gasteiger partial charge in [-0.05, 0) is 80.9 Å². The highest BCUT2D eigenvalue weighted by atomic mass is 15.2. The van der Waals surface area contributed by atoms with Crippen molar-refractivity contribution < 1.29 is 0 Å². The van der Waals surface area contributed by atoms with Crippen LogP contribution in [0.5, 0.6) is 0 Å². The van der Waals surface area contributed by atoms with Gasteiger partial charge >= 0.3 is 0 Å². The fourth-order valence-electron chi connectivity index (χ4n) is 7.61. The predicted octanol–water partition coefficient (Wildman–Crippen LogP) is 10.0. The molecular formula is C41H30N2. The molecule has 1 aliphatic heterocycles. The third kappa shape index (κ3) is 3.46. The Balaban J connectivity index is 1.46. The van der Waals surface area contributed by atoms with E-state index in [1.54, 1.807) is 0 Å². The van der Waals surface area contributed by atoms with Crippen LogP contribution in [0.15, 0.2) is 146 Å². The maximum Gasteiger partial charge on any atom is 0.0991 e. The Labute approximate surface area is 253 Å². The molecule has 2 aliphatic rings. The predicted molar refractivity (Wildman–Crippen MR) is 175 cm³/mol. The average molecular weight is 551 g/mol. The lowest BCUT2D eigenvalue weighted by Gasteiger charge is -2.43. The van der Waals surface area contributed by atoms with E-state index < -0.39 is 5.41 Å². The van der Waals surface area contributed by atoms with E-state index in [-0.39, 0.29) is 5.41 Å². The van der Waals surface area contributed by atoms with E-state index in [0.717, 1.165) is 11.3 Å². The highest BCUT2D eigenvalue weighted by Crippen LogP contribution is 2.58. The van der Waals surface area contributed by atoms with Crippen LogP contribution in [-0.4, -0.2) is 0 Å². The van der Waals surface area contributed by atoms with Gasteiger partial charge in [-0.1, -0.05) is 123 Å². The third-order valence-corrected chi connectivity index (χ3v) is 9.58. The van der Waals surface area contributed by atoms with E-state index in [2.05, 4.69) is 158 Å². The van der Waals surface area contributed by atoms with E-state index in [1.807, 2.05) is 12.1 Å². The minimum Gasteiger partial charge on any atom is -0.310 e. The molecule has 0 aromatic heterocycles. The first-order chi connectivity index (χ1) is 21.0. The lowest BCUT2D eigenvalue weighted by Crippen LogP contribution is -2.33. The number of nitriles is 1. The molecule has 0 atom stereocenters. The van der Waals surface area contributed by atoms with Crippen LogP contribution in [0.3, 0.4) is 0 Å². The first-order valence-corrected chi connectivity index (χ1v) is 14.8. The zero-order chi connectivity index (χ0) is 29.2. The molecule has 6 aromatic carbocycles. The number of anilines is 3. The molecule has 0 unspecified atom stereocenters. The van der Waals surface area contributed by atoms with Crippen LogP contribution in [0.4, 0.5) is 17.1 Å². The Morgan fingerprint density at radius 2 is 1.05 bits per heavy atom. The van der Waals surface area contributed by atoms with Crippen molar-refractivity contribution in [3.05, 3.63) is 185 Å². The number of rotatable bonds is 3. The standard InChI is InChI=1S/C41H30N2/c1-40(2)36-18-10-11-19-38(36)43(31-12-4-3-5-13-31)39-25-24-30(26-37(39)40)41(29-22-20-28(27-42)21-23-29)34-16-8-6-14-32(34)33-15-7-9-17-35(33)41/h3-26H,1-2H3. The molecule has 1 heterocycles. The lowest BCUT2D eigenvalue weighted by atomic mass is 9.65. The molecule has 0 amide bonds. The number of fused-ring (bicyclic) bond motifs is 5. The second kappa shape index (κ2) is 9.31. The van der Waals surface area contributed by atoms with Crippen molar-refractivity contribution >= 4 is 17.1 Å². The van der Waals surface area contributed by atoms with Gasteiger partial charge in [0.05, 0.1) is 28.4 Å². The van der Waals surface area contributed by atoms with Crippen LogP contribution in [-0.2, 0) is 10.8 Å². The van der Waals surface area contributed by atoms with Gasteiger partial charge in [-0.15, -0.1) is 0 Å². The summed E-state index contributed by atoms with van der Waals surface area (Å²) in [7, 11) is 0. The van der Waals surface area contributed by atoms with E-state index in [4.69, 9.17) is 0 Å². The van der Waals surface area contributed by atoms with E-state index >= 15 is 0 Å². The van der Waals surface area contributed by atoms with Gasteiger partial charge in [0.2, 0.25) is 0 Å². The Morgan fingerprint density at radius 1 is 0.512 bits per heavy atom. The van der Waals surface area contributed by atoms with E-state index in [9.17, 15) is 5.26 Å². The van der Waals surface area contributed by atoms with Crippen molar-refractivity contribution in [2.24, 2.45) is 0 Å². The van der Waals surface area contributed by atoms with Gasteiger partial charge in [0, 0.05) is 11.1 Å². The monoisotopic (exact) mass is 550 g/mol. The van der Waals surface area contributed by atoms with Crippen molar-refractivity contribution in [2.45, 2.75) is 24.7 Å². The molecule has 8 rings (SSSR count). The second-order valence-corrected chi connectivity index (χ2v) is 12.1. The molecule has 6 aromatic rings. The molecule has 0 saturated carbocycles. The van der Waals surface area contributed by atoms with Crippen LogP contribution in [0.25, 0.3) is 11.1 Å². The Bertz CT molecular complexity index is 2020. The Morgan fingerprint density at radius 3 is 1.70 bits per heavy atom. The fraction of sp³-hybridized carbons (Fsp3) is 0.0976. The van der Waals surface area contributed by atoms with Crippen LogP contribution in [0.2, 0.25) is 0 Å². The second-order valence-electron chi connectivity index (χ2n) is 12.1. The fourth-order valence-corrected chi connectivity index (χ4v) is 7.61. The van der Waals surface area contributed by atoms with Crippen LogP contribution < -0.4 is 4.90 Å². The van der Waals surface area contributed by atoms with E-state index in [0.29, 0.717) is 5.56 Å². The minimum absolute atomic E-state index is 0.225. The summed E-state index contributed by atoms with van der Waals surface area (Å²) in [6.07, 6.45) is 0. The molecular weight excluding hydrogens is 520 g/mol. The van der Waals surface area contributed by atoms with Crippen molar-refractivity contribution in [2.75, 3.05) is 4.90 Å². The molecule has 43 heavy (non-hydrogen) atoms. The molecule has 0 N–H and O–H groups in total. The zero-order valence-electron chi connectivity index (χ0n) is 24.3. The lowest BCUT2D eigenvalue weighted by molar-refractivity contribution is 0.627. The van der Waals surface area contributed by atoms with Crippen molar-refractivity contribution in [1.82, 2.24) is 0 Å². The number of hydrogen-bond acceptors (Lipinski definition) is 2. The highest BCUT2D eigenvalue weighted by molar-refractivity contribution is 5.89. The summed E-state index contributed by atoms with van der Waals surface area (Å²) in [5.41, 5.74) is 13.5. The van der Waals surface area contributed by atoms with Gasteiger partial charge < -0.3 is 4.90 Å². The molecule has 0 spiro atoms. The van der Waals surface area contributed by atoms with Crippen LogP contribution >= 0.6 is 0 Å². The smallest absolute Gasteiger partial charge is 0.0991 e. The maximum atomic E-state index is 9.62. The molecule has 0 fully saturated rings. The van der Waals surface area contributed by atoms with Gasteiger partial charge in [-0.25, -0.2) is 0 Å². The van der Waals surface area contributed by atoms with Gasteiger partial charge in [0.25, 0.3) is 0 Å². The number of para-hydroxylation sites is 2. The van der Waals surface area contributed by atoms with Crippen LogP contribution in [0, 0.1) is 11.3 Å². The van der Waals surface area contributed by atoms with Crippen LogP contribution in [0.1, 0.15) is 52.8 Å². The summed E-state index contributed by atoms with van der Waals surface area (Å²) in [6.45, 7) is 4.70. The van der Waals surface area contributed by atoms with Gasteiger partial charge in [0.1, 0.15) is 0 Å². The van der Waals surface area contributed by atoms with Crippen molar-refractivity contribution in [1.29, 1.82) is 5.26 Å². The number of nitrogens with zero attached hydrogens (tertiary/aromatic N) is 2. The van der Waals surface area contributed by atoms with Gasteiger partial charge in [-0.3, -0.25) is 0 Å². The summed E-state index contributed by atoms with van der Waals surface area (Å²) in [5.74, 6) is 0. The SMILES string of the molecule is CC1(C)c2ccccc2N(c2ccccc2)c2ccc(C3(c4ccc(C#N)cc4)c4ccccc4-c4ccccc43)cc21. The highest BCUT2D eigenvalue weighted by Gasteiger charge is 2.47. The molecule has 0 bridgehead atoms. The average Bonchev–Trinajstić information content (AvgIpc) is 3.37. The molecule has 0 saturated heterocycles. The zero-order valence-corrected chi connectivity index (χ0v) is 24.3. The number of benzene rings is 6. The molecule has 2 heteroatoms. The summed E-state index contributed by atoms with van der Waals surface area (Å²) < 4.78 is 0. The quantitative estimate of drug-likeness (QED) is 0.219. The summed E-state index contributed by atoms with van der Waals surface area (Å²) >= 11 is 0.